The molecule has 12 heavy (non-hydrogen) atoms. The van der Waals surface area contributed by atoms with Gasteiger partial charge in [0.25, 0.3) is 0 Å². The molecule has 1 heterocycles. The Morgan fingerprint density at radius 1 is 1.58 bits per heavy atom. The molecule has 1 unspecified atom stereocenters. The number of alkyl halides is 3. The Bertz CT molecular complexity index is 213. The minimum Gasteiger partial charge on any atom is -0.383 e. The topological polar surface area (TPSA) is 66.8 Å². The molecule has 1 fully saturated rings. The highest BCUT2D eigenvalue weighted by Gasteiger charge is 2.66. The van der Waals surface area contributed by atoms with Gasteiger partial charge in [0.1, 0.15) is 6.10 Å². The van der Waals surface area contributed by atoms with Crippen LogP contribution in [0.3, 0.4) is 0 Å². The standard InChI is InChI=1S/C5H5F3O4/c6-5(7,8)4(11)3(10)2(9)1-12-4/h2,9,11H,1H2/t2-,4?/m0/s1. The van der Waals surface area contributed by atoms with E-state index in [1.165, 1.54) is 0 Å². The number of carbonyl (C=O) groups is 1. The molecule has 1 aliphatic heterocycles. The summed E-state index contributed by atoms with van der Waals surface area (Å²) in [5, 5.41) is 17.2. The lowest BCUT2D eigenvalue weighted by molar-refractivity contribution is -0.331. The maximum Gasteiger partial charge on any atom is 0.451 e. The monoisotopic (exact) mass is 186 g/mol. The zero-order valence-electron chi connectivity index (χ0n) is 5.63. The van der Waals surface area contributed by atoms with Crippen LogP contribution in [0.1, 0.15) is 0 Å². The summed E-state index contributed by atoms with van der Waals surface area (Å²) in [6.45, 7) is -0.838. The molecule has 0 saturated carbocycles. The van der Waals surface area contributed by atoms with E-state index in [2.05, 4.69) is 4.74 Å². The van der Waals surface area contributed by atoms with E-state index >= 15 is 0 Å². The van der Waals surface area contributed by atoms with E-state index in [9.17, 15) is 18.0 Å². The van der Waals surface area contributed by atoms with Gasteiger partial charge in [0.2, 0.25) is 5.78 Å². The van der Waals surface area contributed by atoms with Crippen molar-refractivity contribution < 1.29 is 32.9 Å². The number of ketones is 1. The summed E-state index contributed by atoms with van der Waals surface area (Å²) >= 11 is 0. The molecule has 0 aromatic heterocycles. The van der Waals surface area contributed by atoms with E-state index in [0.29, 0.717) is 0 Å². The van der Waals surface area contributed by atoms with Crippen LogP contribution in [0.4, 0.5) is 13.2 Å². The van der Waals surface area contributed by atoms with E-state index < -0.39 is 30.5 Å². The van der Waals surface area contributed by atoms with Crippen LogP contribution in [0.5, 0.6) is 0 Å². The van der Waals surface area contributed by atoms with Crippen LogP contribution in [0.15, 0.2) is 0 Å². The zero-order chi connectivity index (χ0) is 9.57. The number of hydrogen-bond acceptors (Lipinski definition) is 4. The van der Waals surface area contributed by atoms with Crippen molar-refractivity contribution in [3.8, 4) is 0 Å². The fourth-order valence-electron chi connectivity index (χ4n) is 0.794. The minimum absolute atomic E-state index is 0.838. The van der Waals surface area contributed by atoms with Gasteiger partial charge in [-0.1, -0.05) is 0 Å². The van der Waals surface area contributed by atoms with E-state index in [4.69, 9.17) is 10.2 Å². The second-order valence-electron chi connectivity index (χ2n) is 2.33. The van der Waals surface area contributed by atoms with Crippen molar-refractivity contribution in [1.82, 2.24) is 0 Å². The molecular formula is C5H5F3O4. The lowest BCUT2D eigenvalue weighted by atomic mass is 10.1. The predicted octanol–water partition coefficient (Wildman–Crippen LogP) is -0.803. The van der Waals surface area contributed by atoms with Crippen LogP contribution in [-0.4, -0.2) is 40.7 Å². The molecule has 0 amide bonds. The Morgan fingerprint density at radius 2 is 2.08 bits per heavy atom. The average Bonchev–Trinajstić information content (AvgIpc) is 2.16. The molecule has 0 spiro atoms. The molecule has 0 radical (unpaired) electrons. The van der Waals surface area contributed by atoms with Crippen LogP contribution in [0, 0.1) is 0 Å². The Morgan fingerprint density at radius 3 is 2.25 bits per heavy atom. The van der Waals surface area contributed by atoms with Crippen molar-refractivity contribution >= 4 is 5.78 Å². The summed E-state index contributed by atoms with van der Waals surface area (Å²) in [6, 6.07) is 0. The van der Waals surface area contributed by atoms with Gasteiger partial charge < -0.3 is 14.9 Å². The van der Waals surface area contributed by atoms with Crippen molar-refractivity contribution in [1.29, 1.82) is 0 Å². The number of carbonyl (C=O) groups excluding carboxylic acids is 1. The molecule has 0 aliphatic carbocycles. The number of aliphatic hydroxyl groups excluding tert-OH is 1. The van der Waals surface area contributed by atoms with Crippen LogP contribution in [0.25, 0.3) is 0 Å². The highest BCUT2D eigenvalue weighted by atomic mass is 19.4. The zero-order valence-corrected chi connectivity index (χ0v) is 5.63. The predicted molar refractivity (Wildman–Crippen MR) is 28.0 cm³/mol. The number of ether oxygens (including phenoxy) is 1. The second-order valence-corrected chi connectivity index (χ2v) is 2.33. The first-order valence-electron chi connectivity index (χ1n) is 2.94. The number of Topliss-reactive ketones (excluding diaryl/α,β-unsaturated/α-hetero) is 1. The molecule has 1 rings (SSSR count). The van der Waals surface area contributed by atoms with E-state index in [-0.39, 0.29) is 0 Å². The third-order valence-electron chi connectivity index (χ3n) is 1.47. The first kappa shape index (κ1) is 9.43. The van der Waals surface area contributed by atoms with Gasteiger partial charge in [-0.15, -0.1) is 0 Å². The van der Waals surface area contributed by atoms with Crippen LogP contribution < -0.4 is 0 Å². The van der Waals surface area contributed by atoms with Crippen LogP contribution >= 0.6 is 0 Å². The van der Waals surface area contributed by atoms with Gasteiger partial charge in [0.05, 0.1) is 6.61 Å². The lowest BCUT2D eigenvalue weighted by Crippen LogP contribution is -2.51. The molecule has 7 heteroatoms. The quantitative estimate of drug-likeness (QED) is 0.519. The lowest BCUT2D eigenvalue weighted by Gasteiger charge is -2.22. The maximum atomic E-state index is 11.9. The SMILES string of the molecule is O=C1[C@@H](O)COC1(O)C(F)(F)F. The van der Waals surface area contributed by atoms with Gasteiger partial charge in [-0.3, -0.25) is 4.79 Å². The van der Waals surface area contributed by atoms with Gasteiger partial charge in [-0.2, -0.15) is 13.2 Å². The van der Waals surface area contributed by atoms with Gasteiger partial charge in [-0.05, 0) is 0 Å². The summed E-state index contributed by atoms with van der Waals surface area (Å²) in [7, 11) is 0. The maximum absolute atomic E-state index is 11.9. The van der Waals surface area contributed by atoms with Gasteiger partial charge in [0, 0.05) is 0 Å². The van der Waals surface area contributed by atoms with Crippen molar-refractivity contribution in [2.45, 2.75) is 18.1 Å². The number of halogens is 3. The van der Waals surface area contributed by atoms with Crippen molar-refractivity contribution in [3.63, 3.8) is 0 Å². The van der Waals surface area contributed by atoms with Crippen molar-refractivity contribution in [3.05, 3.63) is 0 Å². The molecule has 2 N–H and O–H groups in total. The molecular weight excluding hydrogens is 181 g/mol. The normalized spacial score (nSPS) is 37.4. The van der Waals surface area contributed by atoms with Crippen LogP contribution in [-0.2, 0) is 9.53 Å². The number of hydrogen-bond donors (Lipinski definition) is 2. The fourth-order valence-corrected chi connectivity index (χ4v) is 0.794. The molecule has 0 aromatic rings. The van der Waals surface area contributed by atoms with E-state index in [0.717, 1.165) is 0 Å². The molecule has 1 saturated heterocycles. The first-order chi connectivity index (χ1) is 5.29. The van der Waals surface area contributed by atoms with Gasteiger partial charge in [-0.25, -0.2) is 0 Å². The van der Waals surface area contributed by atoms with Gasteiger partial charge >= 0.3 is 12.0 Å². The Kier molecular flexibility index (Phi) is 1.89. The van der Waals surface area contributed by atoms with Crippen molar-refractivity contribution in [2.75, 3.05) is 6.61 Å². The molecule has 4 nitrogen and oxygen atoms in total. The molecule has 1 aliphatic rings. The average molecular weight is 186 g/mol. The van der Waals surface area contributed by atoms with Gasteiger partial charge in [0.15, 0.2) is 0 Å². The Balaban J connectivity index is 2.94. The number of rotatable bonds is 0. The number of aliphatic hydroxyl groups is 2. The molecule has 70 valence electrons. The highest BCUT2D eigenvalue weighted by molar-refractivity contribution is 5.92. The third kappa shape index (κ3) is 1.10. The summed E-state index contributed by atoms with van der Waals surface area (Å²) in [5.74, 6) is -5.60. The smallest absolute Gasteiger partial charge is 0.383 e. The van der Waals surface area contributed by atoms with E-state index in [1.54, 1.807) is 0 Å². The Hall–Kier alpha value is -0.660. The molecule has 2 atom stereocenters. The first-order valence-corrected chi connectivity index (χ1v) is 2.94. The third-order valence-corrected chi connectivity index (χ3v) is 1.47. The van der Waals surface area contributed by atoms with Crippen molar-refractivity contribution in [2.24, 2.45) is 0 Å². The highest BCUT2D eigenvalue weighted by Crippen LogP contribution is 2.36. The second kappa shape index (κ2) is 2.41. The summed E-state index contributed by atoms with van der Waals surface area (Å²) in [5.41, 5.74) is 0. The Labute approximate surface area is 64.6 Å². The fraction of sp³-hybridized carbons (Fsp3) is 0.800. The summed E-state index contributed by atoms with van der Waals surface area (Å²) < 4.78 is 39.3. The molecule has 0 aromatic carbocycles. The van der Waals surface area contributed by atoms with E-state index in [1.807, 2.05) is 0 Å². The summed E-state index contributed by atoms with van der Waals surface area (Å²) in [6.07, 6.45) is -7.11. The minimum atomic E-state index is -5.21. The summed E-state index contributed by atoms with van der Waals surface area (Å²) in [4.78, 5) is 10.5. The van der Waals surface area contributed by atoms with Crippen LogP contribution in [0.2, 0.25) is 0 Å². The molecule has 0 bridgehead atoms. The largest absolute Gasteiger partial charge is 0.451 e.